The first kappa shape index (κ1) is 13.0. The maximum absolute atomic E-state index is 11.3. The van der Waals surface area contributed by atoms with Gasteiger partial charge in [0.15, 0.2) is 0 Å². The molecule has 0 saturated carbocycles. The molecule has 0 aliphatic heterocycles. The zero-order valence-corrected chi connectivity index (χ0v) is 9.29. The molecule has 2 N–H and O–H groups in total. The Kier molecular flexibility index (Phi) is 5.98. The maximum Gasteiger partial charge on any atom is 0.234 e. The number of terminal acetylenes is 1. The molecule has 1 unspecified atom stereocenters. The van der Waals surface area contributed by atoms with E-state index in [0.29, 0.717) is 12.5 Å². The van der Waals surface area contributed by atoms with Crippen molar-refractivity contribution in [3.05, 3.63) is 0 Å². The van der Waals surface area contributed by atoms with E-state index in [9.17, 15) is 4.79 Å². The number of nitrogens with two attached hydrogens (primary N) is 1. The molecule has 1 atom stereocenters. The van der Waals surface area contributed by atoms with Crippen molar-refractivity contribution in [1.82, 2.24) is 4.90 Å². The quantitative estimate of drug-likeness (QED) is 0.662. The van der Waals surface area contributed by atoms with Gasteiger partial charge < -0.3 is 10.6 Å². The molecule has 0 rings (SSSR count). The van der Waals surface area contributed by atoms with Crippen LogP contribution in [0.3, 0.4) is 0 Å². The van der Waals surface area contributed by atoms with Gasteiger partial charge in [-0.15, -0.1) is 6.42 Å². The van der Waals surface area contributed by atoms with E-state index in [1.54, 1.807) is 11.9 Å². The van der Waals surface area contributed by atoms with Crippen LogP contribution in [0.5, 0.6) is 0 Å². The van der Waals surface area contributed by atoms with Gasteiger partial charge in [0.2, 0.25) is 5.91 Å². The summed E-state index contributed by atoms with van der Waals surface area (Å²) in [4.78, 5) is 12.9. The number of hydrogen-bond donors (Lipinski definition) is 1. The van der Waals surface area contributed by atoms with Crippen LogP contribution in [0.15, 0.2) is 0 Å². The summed E-state index contributed by atoms with van der Waals surface area (Å²) < 4.78 is 0. The molecule has 0 heterocycles. The Labute approximate surface area is 86.6 Å². The Morgan fingerprint density at radius 2 is 2.14 bits per heavy atom. The minimum atomic E-state index is -0.0107. The largest absolute Gasteiger partial charge is 0.345 e. The van der Waals surface area contributed by atoms with Gasteiger partial charge in [0, 0.05) is 19.6 Å². The van der Waals surface area contributed by atoms with Crippen molar-refractivity contribution in [2.75, 3.05) is 13.6 Å². The Morgan fingerprint density at radius 3 is 2.57 bits per heavy atom. The number of carbonyl (C=O) groups excluding carboxylic acids is 1. The molecule has 1 amide bonds. The van der Waals surface area contributed by atoms with Crippen LogP contribution in [-0.4, -0.2) is 30.4 Å². The summed E-state index contributed by atoms with van der Waals surface area (Å²) in [5.74, 6) is 2.78. The molecule has 0 fully saturated rings. The lowest BCUT2D eigenvalue weighted by molar-refractivity contribution is -0.128. The van der Waals surface area contributed by atoms with Crippen molar-refractivity contribution in [2.45, 2.75) is 32.7 Å². The van der Waals surface area contributed by atoms with E-state index in [2.05, 4.69) is 19.8 Å². The molecule has 14 heavy (non-hydrogen) atoms. The van der Waals surface area contributed by atoms with Gasteiger partial charge in [-0.05, 0) is 12.3 Å². The summed E-state index contributed by atoms with van der Waals surface area (Å²) in [5, 5.41) is 0. The van der Waals surface area contributed by atoms with Crippen LogP contribution in [0, 0.1) is 18.3 Å². The summed E-state index contributed by atoms with van der Waals surface area (Å²) in [6.45, 7) is 4.84. The zero-order chi connectivity index (χ0) is 11.1. The third-order valence-corrected chi connectivity index (χ3v) is 2.33. The molecule has 0 aromatic heterocycles. The highest BCUT2D eigenvalue weighted by molar-refractivity contribution is 5.78. The van der Waals surface area contributed by atoms with Gasteiger partial charge in [-0.25, -0.2) is 0 Å². The van der Waals surface area contributed by atoms with E-state index in [0.717, 1.165) is 6.42 Å². The molecule has 0 aliphatic carbocycles. The number of nitrogens with zero attached hydrogens (tertiary/aromatic N) is 1. The fourth-order valence-corrected chi connectivity index (χ4v) is 1.02. The number of rotatable bonds is 5. The average molecular weight is 196 g/mol. The van der Waals surface area contributed by atoms with E-state index in [1.807, 2.05) is 0 Å². The minimum absolute atomic E-state index is 0.0107. The molecule has 0 saturated heterocycles. The SMILES string of the molecule is C#CCC(=O)N(C)CCC(N)C(C)C. The van der Waals surface area contributed by atoms with Gasteiger partial charge in [0.25, 0.3) is 0 Å². The minimum Gasteiger partial charge on any atom is -0.345 e. The summed E-state index contributed by atoms with van der Waals surface area (Å²) in [6.07, 6.45) is 6.05. The van der Waals surface area contributed by atoms with E-state index >= 15 is 0 Å². The van der Waals surface area contributed by atoms with Crippen LogP contribution in [0.25, 0.3) is 0 Å². The summed E-state index contributed by atoms with van der Waals surface area (Å²) >= 11 is 0. The van der Waals surface area contributed by atoms with Crippen molar-refractivity contribution >= 4 is 5.91 Å². The first-order valence-electron chi connectivity index (χ1n) is 4.92. The molecule has 80 valence electrons. The highest BCUT2D eigenvalue weighted by Gasteiger charge is 2.11. The second-order valence-electron chi connectivity index (χ2n) is 3.89. The van der Waals surface area contributed by atoms with Crippen LogP contribution < -0.4 is 5.73 Å². The Balaban J connectivity index is 3.79. The van der Waals surface area contributed by atoms with Crippen LogP contribution in [0.4, 0.5) is 0 Å². The van der Waals surface area contributed by atoms with Crippen molar-refractivity contribution < 1.29 is 4.79 Å². The summed E-state index contributed by atoms with van der Waals surface area (Å²) in [6, 6.07) is 0.149. The number of carbonyl (C=O) groups is 1. The standard InChI is InChI=1S/C11H20N2O/c1-5-6-11(14)13(4)8-7-10(12)9(2)3/h1,9-10H,6-8,12H2,2-4H3. The topological polar surface area (TPSA) is 46.3 Å². The first-order valence-corrected chi connectivity index (χ1v) is 4.92. The molecule has 3 nitrogen and oxygen atoms in total. The second-order valence-corrected chi connectivity index (χ2v) is 3.89. The third kappa shape index (κ3) is 4.88. The Hall–Kier alpha value is -1.01. The van der Waals surface area contributed by atoms with Gasteiger partial charge in [-0.1, -0.05) is 19.8 Å². The van der Waals surface area contributed by atoms with Gasteiger partial charge in [-0.2, -0.15) is 0 Å². The Bertz CT molecular complexity index is 218. The van der Waals surface area contributed by atoms with Gasteiger partial charge in [0.1, 0.15) is 0 Å². The molecule has 3 heteroatoms. The average Bonchev–Trinajstić information content (AvgIpc) is 2.13. The predicted molar refractivity (Wildman–Crippen MR) is 58.5 cm³/mol. The van der Waals surface area contributed by atoms with E-state index in [4.69, 9.17) is 12.2 Å². The first-order chi connectivity index (χ1) is 6.49. The predicted octanol–water partition coefficient (Wildman–Crippen LogP) is 0.842. The fourth-order valence-electron chi connectivity index (χ4n) is 1.02. The van der Waals surface area contributed by atoms with Gasteiger partial charge in [0.05, 0.1) is 6.42 Å². The Morgan fingerprint density at radius 1 is 1.57 bits per heavy atom. The highest BCUT2D eigenvalue weighted by Crippen LogP contribution is 2.04. The fraction of sp³-hybridized carbons (Fsp3) is 0.727. The van der Waals surface area contributed by atoms with Crippen LogP contribution in [-0.2, 0) is 4.79 Å². The van der Waals surface area contributed by atoms with Gasteiger partial charge in [-0.3, -0.25) is 4.79 Å². The van der Waals surface area contributed by atoms with Crippen molar-refractivity contribution in [1.29, 1.82) is 0 Å². The number of amides is 1. The van der Waals surface area contributed by atoms with Crippen molar-refractivity contribution in [3.63, 3.8) is 0 Å². The number of hydrogen-bond acceptors (Lipinski definition) is 2. The van der Waals surface area contributed by atoms with Gasteiger partial charge >= 0.3 is 0 Å². The van der Waals surface area contributed by atoms with Crippen LogP contribution >= 0.6 is 0 Å². The molecule has 0 radical (unpaired) electrons. The molecule has 0 aliphatic rings. The lowest BCUT2D eigenvalue weighted by atomic mass is 10.0. The van der Waals surface area contributed by atoms with Crippen molar-refractivity contribution in [3.8, 4) is 12.3 Å². The second kappa shape index (κ2) is 6.44. The molecule has 0 spiro atoms. The maximum atomic E-state index is 11.3. The highest BCUT2D eigenvalue weighted by atomic mass is 16.2. The monoisotopic (exact) mass is 196 g/mol. The molecule has 0 aromatic carbocycles. The molecule has 0 bridgehead atoms. The molecular formula is C11H20N2O. The molecular weight excluding hydrogens is 176 g/mol. The van der Waals surface area contributed by atoms with E-state index in [-0.39, 0.29) is 18.4 Å². The van der Waals surface area contributed by atoms with E-state index < -0.39 is 0 Å². The van der Waals surface area contributed by atoms with Crippen molar-refractivity contribution in [2.24, 2.45) is 11.7 Å². The van der Waals surface area contributed by atoms with E-state index in [1.165, 1.54) is 0 Å². The van der Waals surface area contributed by atoms with Crippen LogP contribution in [0.1, 0.15) is 26.7 Å². The smallest absolute Gasteiger partial charge is 0.234 e. The normalized spacial score (nSPS) is 12.3. The summed E-state index contributed by atoms with van der Waals surface area (Å²) in [7, 11) is 1.76. The van der Waals surface area contributed by atoms with Crippen LogP contribution in [0.2, 0.25) is 0 Å². The molecule has 0 aromatic rings. The third-order valence-electron chi connectivity index (χ3n) is 2.33. The zero-order valence-electron chi connectivity index (χ0n) is 9.29. The lowest BCUT2D eigenvalue weighted by Crippen LogP contribution is -2.34. The lowest BCUT2D eigenvalue weighted by Gasteiger charge is -2.20. The summed E-state index contributed by atoms with van der Waals surface area (Å²) in [5.41, 5.74) is 5.86.